The Balaban J connectivity index is 1.76. The monoisotopic (exact) mass is 409 g/mol. The van der Waals surface area contributed by atoms with Crippen LogP contribution in [0.1, 0.15) is 18.4 Å². The van der Waals surface area contributed by atoms with Gasteiger partial charge in [0.2, 0.25) is 0 Å². The lowest BCUT2D eigenvalue weighted by atomic mass is 9.88. The number of benzene rings is 1. The fraction of sp³-hybridized carbons (Fsp3) is 0.286. The van der Waals surface area contributed by atoms with Crippen LogP contribution in [0.15, 0.2) is 41.3 Å². The molecule has 148 valence electrons. The maximum atomic E-state index is 12.4. The fourth-order valence-corrected chi connectivity index (χ4v) is 3.78. The molecule has 2 unspecified atom stereocenters. The van der Waals surface area contributed by atoms with Crippen LogP contribution >= 0.6 is 11.6 Å². The first-order chi connectivity index (χ1) is 14.0. The lowest BCUT2D eigenvalue weighted by Gasteiger charge is -2.36. The Morgan fingerprint density at radius 3 is 2.79 bits per heavy atom. The molecule has 7 nitrogen and oxygen atoms in total. The molecule has 0 amide bonds. The summed E-state index contributed by atoms with van der Waals surface area (Å²) >= 11 is 6.03. The lowest BCUT2D eigenvalue weighted by molar-refractivity contribution is 0.0287. The molecule has 8 heteroatoms. The third-order valence-corrected chi connectivity index (χ3v) is 5.68. The normalized spacial score (nSPS) is 18.1. The van der Waals surface area contributed by atoms with E-state index in [1.807, 2.05) is 18.2 Å². The van der Waals surface area contributed by atoms with E-state index in [2.05, 4.69) is 21.7 Å². The minimum Gasteiger partial charge on any atom is -0.379 e. The van der Waals surface area contributed by atoms with Crippen LogP contribution in [0.3, 0.4) is 0 Å². The summed E-state index contributed by atoms with van der Waals surface area (Å²) < 4.78 is 7.08. The highest BCUT2D eigenvalue weighted by atomic mass is 35.5. The molecule has 1 aliphatic rings. The van der Waals surface area contributed by atoms with Crippen molar-refractivity contribution in [1.82, 2.24) is 9.55 Å². The summed E-state index contributed by atoms with van der Waals surface area (Å²) in [4.78, 5) is 16.4. The smallest absolute Gasteiger partial charge is 0.252 e. The molecule has 2 heterocycles. The zero-order valence-electron chi connectivity index (χ0n) is 16.1. The fourth-order valence-electron chi connectivity index (χ4n) is 3.58. The molecule has 3 aromatic rings. The Morgan fingerprint density at radius 1 is 1.28 bits per heavy atom. The number of nitrogens with zero attached hydrogens (tertiary/aromatic N) is 3. The second kappa shape index (κ2) is 7.74. The number of nitrogens with one attached hydrogen (secondary N) is 2. The van der Waals surface area contributed by atoms with E-state index in [0.717, 1.165) is 35.1 Å². The van der Waals surface area contributed by atoms with E-state index < -0.39 is 0 Å². The van der Waals surface area contributed by atoms with Crippen molar-refractivity contribution in [2.75, 3.05) is 17.7 Å². The molecule has 0 aliphatic heterocycles. The van der Waals surface area contributed by atoms with Gasteiger partial charge >= 0.3 is 0 Å². The molecule has 0 saturated heterocycles. The van der Waals surface area contributed by atoms with E-state index in [-0.39, 0.29) is 28.4 Å². The van der Waals surface area contributed by atoms with Crippen molar-refractivity contribution in [3.05, 3.63) is 57.6 Å². The predicted octanol–water partition coefficient (Wildman–Crippen LogP) is 3.79. The van der Waals surface area contributed by atoms with Crippen LogP contribution in [0.4, 0.5) is 17.1 Å². The van der Waals surface area contributed by atoms with Crippen molar-refractivity contribution >= 4 is 39.6 Å². The Labute approximate surface area is 172 Å². The van der Waals surface area contributed by atoms with Crippen LogP contribution in [0.25, 0.3) is 10.9 Å². The number of aryl methyl sites for hydroxylation is 1. The number of ether oxygens (including phenoxy) is 1. The zero-order chi connectivity index (χ0) is 20.5. The van der Waals surface area contributed by atoms with Gasteiger partial charge in [-0.25, -0.2) is 4.98 Å². The first-order valence-corrected chi connectivity index (χ1v) is 9.64. The van der Waals surface area contributed by atoms with Gasteiger partial charge in [-0.1, -0.05) is 11.6 Å². The summed E-state index contributed by atoms with van der Waals surface area (Å²) in [7, 11) is 3.45. The maximum Gasteiger partial charge on any atom is 0.252 e. The summed E-state index contributed by atoms with van der Waals surface area (Å²) in [5.74, 6) is 0. The molecule has 0 radical (unpaired) electrons. The van der Waals surface area contributed by atoms with E-state index in [9.17, 15) is 10.1 Å². The molecule has 1 aliphatic carbocycles. The molecule has 2 aromatic heterocycles. The quantitative estimate of drug-likeness (QED) is 0.623. The summed E-state index contributed by atoms with van der Waals surface area (Å²) in [6, 6.07) is 11.3. The SMILES string of the molecule is COC1CCC1Nc1cc(=O)n(C)c2ccc(Nc3ccnc(Cl)c3C#N)cc12. The van der Waals surface area contributed by atoms with Crippen molar-refractivity contribution in [3.8, 4) is 6.07 Å². The number of anilines is 3. The van der Waals surface area contributed by atoms with Crippen molar-refractivity contribution in [2.45, 2.75) is 25.0 Å². The third kappa shape index (κ3) is 3.53. The van der Waals surface area contributed by atoms with Crippen LogP contribution in [-0.4, -0.2) is 28.8 Å². The number of hydrogen-bond donors (Lipinski definition) is 2. The lowest BCUT2D eigenvalue weighted by Crippen LogP contribution is -2.44. The first-order valence-electron chi connectivity index (χ1n) is 9.26. The molecule has 2 atom stereocenters. The van der Waals surface area contributed by atoms with Gasteiger partial charge in [0.15, 0.2) is 0 Å². The summed E-state index contributed by atoms with van der Waals surface area (Å²) in [5, 5.41) is 17.1. The summed E-state index contributed by atoms with van der Waals surface area (Å²) in [6.07, 6.45) is 3.69. The highest BCUT2D eigenvalue weighted by Crippen LogP contribution is 2.32. The Bertz CT molecular complexity index is 1180. The first kappa shape index (κ1) is 19.2. The molecule has 29 heavy (non-hydrogen) atoms. The molecular formula is C21H20ClN5O2. The largest absolute Gasteiger partial charge is 0.379 e. The number of aromatic nitrogens is 2. The van der Waals surface area contributed by atoms with Crippen LogP contribution in [0.5, 0.6) is 0 Å². The van der Waals surface area contributed by atoms with Gasteiger partial charge in [0.05, 0.1) is 23.3 Å². The molecule has 1 saturated carbocycles. The number of nitriles is 1. The van der Waals surface area contributed by atoms with Gasteiger partial charge in [-0.15, -0.1) is 0 Å². The Morgan fingerprint density at radius 2 is 2.10 bits per heavy atom. The molecule has 1 aromatic carbocycles. The molecular weight excluding hydrogens is 390 g/mol. The van der Waals surface area contributed by atoms with Crippen molar-refractivity contribution in [2.24, 2.45) is 7.05 Å². The number of methoxy groups -OCH3 is 1. The van der Waals surface area contributed by atoms with Gasteiger partial charge in [-0.05, 0) is 37.1 Å². The summed E-state index contributed by atoms with van der Waals surface area (Å²) in [6.45, 7) is 0. The second-order valence-electron chi connectivity index (χ2n) is 7.05. The van der Waals surface area contributed by atoms with E-state index in [4.69, 9.17) is 16.3 Å². The van der Waals surface area contributed by atoms with E-state index in [1.165, 1.54) is 0 Å². The topological polar surface area (TPSA) is 92.0 Å². The molecule has 4 rings (SSSR count). The Kier molecular flexibility index (Phi) is 5.14. The summed E-state index contributed by atoms with van der Waals surface area (Å²) in [5.41, 5.74) is 3.13. The minimum absolute atomic E-state index is 0.0818. The number of hydrogen-bond acceptors (Lipinski definition) is 6. The molecule has 2 N–H and O–H groups in total. The highest BCUT2D eigenvalue weighted by molar-refractivity contribution is 6.31. The average molecular weight is 410 g/mol. The van der Waals surface area contributed by atoms with E-state index in [1.54, 1.807) is 37.1 Å². The number of fused-ring (bicyclic) bond motifs is 1. The van der Waals surface area contributed by atoms with E-state index in [0.29, 0.717) is 5.69 Å². The van der Waals surface area contributed by atoms with Crippen LogP contribution in [-0.2, 0) is 11.8 Å². The van der Waals surface area contributed by atoms with Gasteiger partial charge < -0.3 is 19.9 Å². The average Bonchev–Trinajstić information content (AvgIpc) is 2.69. The zero-order valence-corrected chi connectivity index (χ0v) is 16.8. The van der Waals surface area contributed by atoms with Crippen molar-refractivity contribution in [1.29, 1.82) is 5.26 Å². The molecule has 1 fully saturated rings. The maximum absolute atomic E-state index is 12.4. The number of rotatable bonds is 5. The Hall–Kier alpha value is -3.08. The predicted molar refractivity (Wildman–Crippen MR) is 114 cm³/mol. The number of halogens is 1. The van der Waals surface area contributed by atoms with E-state index >= 15 is 0 Å². The van der Waals surface area contributed by atoms with Gasteiger partial charge in [-0.3, -0.25) is 4.79 Å². The standard InChI is InChI=1S/C21H20ClN5O2/c1-27-18-5-3-12(25-15-7-8-24-21(22)14(15)11-23)9-13(18)17(10-20(27)28)26-16-4-6-19(16)29-2/h3,5,7-10,16,19,26H,4,6H2,1-2H3,(H,24,25). The van der Waals surface area contributed by atoms with Gasteiger partial charge in [-0.2, -0.15) is 5.26 Å². The molecule has 0 spiro atoms. The molecule has 0 bridgehead atoms. The van der Waals surface area contributed by atoms with Crippen molar-refractivity contribution in [3.63, 3.8) is 0 Å². The van der Waals surface area contributed by atoms with Gasteiger partial charge in [0.25, 0.3) is 5.56 Å². The van der Waals surface area contributed by atoms with Crippen LogP contribution < -0.4 is 16.2 Å². The van der Waals surface area contributed by atoms with Crippen LogP contribution in [0.2, 0.25) is 5.15 Å². The van der Waals surface area contributed by atoms with Crippen molar-refractivity contribution < 1.29 is 4.74 Å². The highest BCUT2D eigenvalue weighted by Gasteiger charge is 2.31. The van der Waals surface area contributed by atoms with Crippen LogP contribution in [0, 0.1) is 11.3 Å². The van der Waals surface area contributed by atoms with Gasteiger partial charge in [0.1, 0.15) is 16.8 Å². The number of pyridine rings is 2. The second-order valence-corrected chi connectivity index (χ2v) is 7.41. The minimum atomic E-state index is -0.0818. The van der Waals surface area contributed by atoms with Gasteiger partial charge in [0, 0.05) is 43.2 Å². The third-order valence-electron chi connectivity index (χ3n) is 5.40.